The lowest BCUT2D eigenvalue weighted by Crippen LogP contribution is -2.36. The van der Waals surface area contributed by atoms with Crippen LogP contribution in [0.1, 0.15) is 16.8 Å². The fourth-order valence-corrected chi connectivity index (χ4v) is 1.95. The van der Waals surface area contributed by atoms with E-state index in [4.69, 9.17) is 5.73 Å². The number of rotatable bonds is 2. The molecule has 0 radical (unpaired) electrons. The Labute approximate surface area is 96.6 Å². The maximum absolute atomic E-state index is 12.0. The smallest absolute Gasteiger partial charge is 0.325 e. The summed E-state index contributed by atoms with van der Waals surface area (Å²) in [4.78, 5) is 40.2. The van der Waals surface area contributed by atoms with Crippen LogP contribution in [0.15, 0.2) is 15.8 Å². The van der Waals surface area contributed by atoms with Crippen molar-refractivity contribution >= 4 is 5.91 Å². The molecule has 1 unspecified atom stereocenters. The third-order valence-electron chi connectivity index (χ3n) is 2.96. The van der Waals surface area contributed by atoms with Crippen molar-refractivity contribution in [2.24, 2.45) is 11.7 Å². The van der Waals surface area contributed by atoms with Crippen molar-refractivity contribution < 1.29 is 4.79 Å². The summed E-state index contributed by atoms with van der Waals surface area (Å²) in [5, 5.41) is 0. The van der Waals surface area contributed by atoms with Crippen molar-refractivity contribution in [1.82, 2.24) is 14.9 Å². The topological polar surface area (TPSA) is 112 Å². The van der Waals surface area contributed by atoms with E-state index >= 15 is 0 Å². The predicted molar refractivity (Wildman–Crippen MR) is 60.7 cm³/mol. The maximum Gasteiger partial charge on any atom is 0.325 e. The number of nitrogens with one attached hydrogen (secondary N) is 2. The minimum absolute atomic E-state index is 0.0396. The van der Waals surface area contributed by atoms with Crippen LogP contribution in [0, 0.1) is 5.92 Å². The normalized spacial score (nSPS) is 19.6. The number of aromatic amines is 2. The van der Waals surface area contributed by atoms with E-state index in [1.54, 1.807) is 4.90 Å². The Bertz CT molecular complexity index is 533. The number of amides is 1. The Kier molecular flexibility index (Phi) is 3.10. The van der Waals surface area contributed by atoms with Gasteiger partial charge in [-0.1, -0.05) is 0 Å². The molecular formula is C10H14N4O3. The SMILES string of the molecule is NCC1CCN(C(=O)c2c[nH]c(=O)[nH]c2=O)C1. The molecule has 0 bridgehead atoms. The maximum atomic E-state index is 12.0. The van der Waals surface area contributed by atoms with Gasteiger partial charge in [-0.3, -0.25) is 14.6 Å². The van der Waals surface area contributed by atoms with Crippen molar-refractivity contribution in [2.45, 2.75) is 6.42 Å². The average molecular weight is 238 g/mol. The molecule has 1 amide bonds. The number of aromatic nitrogens is 2. The molecule has 1 saturated heterocycles. The number of hydrogen-bond donors (Lipinski definition) is 3. The molecular weight excluding hydrogens is 224 g/mol. The van der Waals surface area contributed by atoms with Crippen LogP contribution < -0.4 is 17.0 Å². The Morgan fingerprint density at radius 3 is 2.88 bits per heavy atom. The second-order valence-electron chi connectivity index (χ2n) is 4.13. The summed E-state index contributed by atoms with van der Waals surface area (Å²) in [6.07, 6.45) is 2.00. The first-order valence-electron chi connectivity index (χ1n) is 5.43. The fourth-order valence-electron chi connectivity index (χ4n) is 1.95. The molecule has 0 saturated carbocycles. The molecule has 17 heavy (non-hydrogen) atoms. The number of carbonyl (C=O) groups is 1. The lowest BCUT2D eigenvalue weighted by Gasteiger charge is -2.15. The fraction of sp³-hybridized carbons (Fsp3) is 0.500. The second kappa shape index (κ2) is 4.54. The monoisotopic (exact) mass is 238 g/mol. The second-order valence-corrected chi connectivity index (χ2v) is 4.13. The summed E-state index contributed by atoms with van der Waals surface area (Å²) >= 11 is 0. The van der Waals surface area contributed by atoms with Crippen molar-refractivity contribution in [3.05, 3.63) is 32.6 Å². The van der Waals surface area contributed by atoms with E-state index < -0.39 is 11.2 Å². The van der Waals surface area contributed by atoms with Gasteiger partial charge in [0.15, 0.2) is 0 Å². The zero-order valence-electron chi connectivity index (χ0n) is 9.23. The van der Waals surface area contributed by atoms with E-state index in [1.807, 2.05) is 4.98 Å². The van der Waals surface area contributed by atoms with Crippen LogP contribution in [-0.4, -0.2) is 40.4 Å². The molecule has 1 atom stereocenters. The molecule has 1 aliphatic heterocycles. The van der Waals surface area contributed by atoms with Crippen molar-refractivity contribution in [3.8, 4) is 0 Å². The molecule has 2 heterocycles. The summed E-state index contributed by atoms with van der Waals surface area (Å²) in [7, 11) is 0. The summed E-state index contributed by atoms with van der Waals surface area (Å²) in [6, 6.07) is 0. The number of H-pyrrole nitrogens is 2. The molecule has 4 N–H and O–H groups in total. The third kappa shape index (κ3) is 2.28. The van der Waals surface area contributed by atoms with E-state index in [9.17, 15) is 14.4 Å². The van der Waals surface area contributed by atoms with Crippen molar-refractivity contribution in [1.29, 1.82) is 0 Å². The highest BCUT2D eigenvalue weighted by molar-refractivity contribution is 5.93. The molecule has 0 spiro atoms. The van der Waals surface area contributed by atoms with Crippen LogP contribution in [0.25, 0.3) is 0 Å². The number of likely N-dealkylation sites (tertiary alicyclic amines) is 1. The van der Waals surface area contributed by atoms with E-state index in [0.29, 0.717) is 25.6 Å². The zero-order chi connectivity index (χ0) is 12.4. The number of nitrogens with zero attached hydrogens (tertiary/aromatic N) is 1. The van der Waals surface area contributed by atoms with E-state index in [-0.39, 0.29) is 11.5 Å². The van der Waals surface area contributed by atoms with Gasteiger partial charge in [0.2, 0.25) is 0 Å². The van der Waals surface area contributed by atoms with Crippen LogP contribution in [0.5, 0.6) is 0 Å². The molecule has 7 heteroatoms. The standard InChI is InChI=1S/C10H14N4O3/c11-3-6-1-2-14(5-6)9(16)7-4-12-10(17)13-8(7)15/h4,6H,1-3,5,11H2,(H2,12,13,15,17). The van der Waals surface area contributed by atoms with Gasteiger partial charge in [-0.15, -0.1) is 0 Å². The molecule has 1 aliphatic rings. The average Bonchev–Trinajstić information content (AvgIpc) is 2.76. The number of hydrogen-bond acceptors (Lipinski definition) is 4. The van der Waals surface area contributed by atoms with Gasteiger partial charge in [-0.05, 0) is 18.9 Å². The van der Waals surface area contributed by atoms with E-state index in [1.165, 1.54) is 0 Å². The molecule has 0 aliphatic carbocycles. The molecule has 1 aromatic heterocycles. The first-order valence-corrected chi connectivity index (χ1v) is 5.43. The highest BCUT2D eigenvalue weighted by atomic mass is 16.2. The highest BCUT2D eigenvalue weighted by Gasteiger charge is 2.27. The quantitative estimate of drug-likeness (QED) is 0.581. The lowest BCUT2D eigenvalue weighted by atomic mass is 10.1. The van der Waals surface area contributed by atoms with Crippen LogP contribution in [0.4, 0.5) is 0 Å². The van der Waals surface area contributed by atoms with Crippen LogP contribution in [-0.2, 0) is 0 Å². The third-order valence-corrected chi connectivity index (χ3v) is 2.96. The van der Waals surface area contributed by atoms with Gasteiger partial charge in [0.25, 0.3) is 11.5 Å². The van der Waals surface area contributed by atoms with Crippen LogP contribution in [0.2, 0.25) is 0 Å². The summed E-state index contributed by atoms with van der Waals surface area (Å²) in [5.41, 5.74) is 4.22. The molecule has 92 valence electrons. The van der Waals surface area contributed by atoms with Crippen molar-refractivity contribution in [2.75, 3.05) is 19.6 Å². The summed E-state index contributed by atoms with van der Waals surface area (Å²) < 4.78 is 0. The minimum atomic E-state index is -0.657. The number of nitrogens with two attached hydrogens (primary N) is 1. The Balaban J connectivity index is 2.21. The van der Waals surface area contributed by atoms with Gasteiger partial charge in [0.05, 0.1) is 0 Å². The first-order chi connectivity index (χ1) is 8.11. The van der Waals surface area contributed by atoms with Gasteiger partial charge < -0.3 is 15.6 Å². The lowest BCUT2D eigenvalue weighted by molar-refractivity contribution is 0.0785. The number of carbonyl (C=O) groups excluding carboxylic acids is 1. The summed E-state index contributed by atoms with van der Waals surface area (Å²) in [6.45, 7) is 1.69. The van der Waals surface area contributed by atoms with Gasteiger partial charge in [-0.25, -0.2) is 4.79 Å². The largest absolute Gasteiger partial charge is 0.338 e. The molecule has 2 rings (SSSR count). The van der Waals surface area contributed by atoms with Crippen molar-refractivity contribution in [3.63, 3.8) is 0 Å². The van der Waals surface area contributed by atoms with Crippen LogP contribution >= 0.6 is 0 Å². The molecule has 0 aromatic carbocycles. The Morgan fingerprint density at radius 1 is 1.53 bits per heavy atom. The van der Waals surface area contributed by atoms with E-state index in [0.717, 1.165) is 12.6 Å². The van der Waals surface area contributed by atoms with Gasteiger partial charge >= 0.3 is 5.69 Å². The van der Waals surface area contributed by atoms with Crippen LogP contribution in [0.3, 0.4) is 0 Å². The van der Waals surface area contributed by atoms with Gasteiger partial charge in [0.1, 0.15) is 5.56 Å². The predicted octanol–water partition coefficient (Wildman–Crippen LogP) is -1.52. The molecule has 1 aromatic rings. The Morgan fingerprint density at radius 2 is 2.29 bits per heavy atom. The Hall–Kier alpha value is -1.89. The van der Waals surface area contributed by atoms with Gasteiger partial charge in [0, 0.05) is 19.3 Å². The summed E-state index contributed by atoms with van der Waals surface area (Å²) in [5.74, 6) is -0.0701. The minimum Gasteiger partial charge on any atom is -0.338 e. The van der Waals surface area contributed by atoms with E-state index in [2.05, 4.69) is 4.98 Å². The highest BCUT2D eigenvalue weighted by Crippen LogP contribution is 2.16. The molecule has 1 fully saturated rings. The van der Waals surface area contributed by atoms with Gasteiger partial charge in [-0.2, -0.15) is 0 Å². The molecule has 7 nitrogen and oxygen atoms in total. The zero-order valence-corrected chi connectivity index (χ0v) is 9.23. The first kappa shape index (κ1) is 11.6.